The molecule has 0 aliphatic heterocycles. The van der Waals surface area contributed by atoms with E-state index in [1.165, 1.54) is 49.4 Å². The molecular formula is C19H20FNO5S. The molecule has 0 aliphatic rings. The van der Waals surface area contributed by atoms with Crippen LogP contribution in [0.15, 0.2) is 47.4 Å². The third-order valence-electron chi connectivity index (χ3n) is 3.89. The van der Waals surface area contributed by atoms with Crippen molar-refractivity contribution in [1.82, 2.24) is 5.32 Å². The van der Waals surface area contributed by atoms with Crippen LogP contribution in [-0.4, -0.2) is 32.7 Å². The summed E-state index contributed by atoms with van der Waals surface area (Å²) in [6.45, 7) is 3.21. The van der Waals surface area contributed by atoms with Gasteiger partial charge in [0, 0.05) is 12.8 Å². The van der Waals surface area contributed by atoms with E-state index in [9.17, 15) is 22.4 Å². The molecule has 0 saturated heterocycles. The van der Waals surface area contributed by atoms with Crippen molar-refractivity contribution in [2.75, 3.05) is 6.26 Å². The molecule has 0 aliphatic carbocycles. The second-order valence-electron chi connectivity index (χ2n) is 6.14. The zero-order chi connectivity index (χ0) is 20.2. The largest absolute Gasteiger partial charge is 0.449 e. The fourth-order valence-electron chi connectivity index (χ4n) is 2.26. The van der Waals surface area contributed by atoms with Gasteiger partial charge in [0.2, 0.25) is 0 Å². The third kappa shape index (κ3) is 5.62. The molecule has 2 rings (SSSR count). The van der Waals surface area contributed by atoms with E-state index in [2.05, 4.69) is 5.32 Å². The summed E-state index contributed by atoms with van der Waals surface area (Å²) in [4.78, 5) is 24.4. The summed E-state index contributed by atoms with van der Waals surface area (Å²) in [5.41, 5.74) is 1.31. The molecule has 8 heteroatoms. The molecule has 0 radical (unpaired) electrons. The first-order valence-corrected chi connectivity index (χ1v) is 10.0. The predicted molar refractivity (Wildman–Crippen MR) is 97.4 cm³/mol. The van der Waals surface area contributed by atoms with Crippen molar-refractivity contribution >= 4 is 21.7 Å². The van der Waals surface area contributed by atoms with E-state index in [-0.39, 0.29) is 22.8 Å². The maximum atomic E-state index is 12.9. The summed E-state index contributed by atoms with van der Waals surface area (Å²) in [5, 5.41) is 2.59. The van der Waals surface area contributed by atoms with Gasteiger partial charge in [0.15, 0.2) is 15.9 Å². The van der Waals surface area contributed by atoms with Gasteiger partial charge in [-0.1, -0.05) is 18.2 Å². The number of ether oxygens (including phenoxy) is 1. The molecule has 1 amide bonds. The van der Waals surface area contributed by atoms with Crippen LogP contribution >= 0.6 is 0 Å². The van der Waals surface area contributed by atoms with Crippen molar-refractivity contribution in [1.29, 1.82) is 0 Å². The number of aryl methyl sites for hydroxylation is 1. The molecule has 0 spiro atoms. The Balaban J connectivity index is 2.02. The SMILES string of the molecule is Cc1ccc(S(C)(=O)=O)cc1C(=O)OC(C)C(=O)NCc1ccc(F)cc1. The number of hydrogen-bond acceptors (Lipinski definition) is 5. The maximum absolute atomic E-state index is 12.9. The monoisotopic (exact) mass is 393 g/mol. The van der Waals surface area contributed by atoms with E-state index in [1.54, 1.807) is 6.92 Å². The molecule has 2 aromatic rings. The Labute approximate surface area is 157 Å². The molecule has 1 atom stereocenters. The van der Waals surface area contributed by atoms with Gasteiger partial charge in [-0.05, 0) is 49.2 Å². The Hall–Kier alpha value is -2.74. The van der Waals surface area contributed by atoms with E-state index in [4.69, 9.17) is 4.74 Å². The maximum Gasteiger partial charge on any atom is 0.339 e. The van der Waals surface area contributed by atoms with Crippen molar-refractivity contribution in [3.05, 3.63) is 65.0 Å². The summed E-state index contributed by atoms with van der Waals surface area (Å²) >= 11 is 0. The van der Waals surface area contributed by atoms with Crippen molar-refractivity contribution < 1.29 is 27.1 Å². The molecule has 1 unspecified atom stereocenters. The van der Waals surface area contributed by atoms with Crippen LogP contribution in [0.3, 0.4) is 0 Å². The minimum absolute atomic E-state index is 0.00605. The number of sulfone groups is 1. The van der Waals surface area contributed by atoms with Gasteiger partial charge in [0.05, 0.1) is 10.5 Å². The van der Waals surface area contributed by atoms with Gasteiger partial charge in [0.25, 0.3) is 5.91 Å². The molecule has 6 nitrogen and oxygen atoms in total. The van der Waals surface area contributed by atoms with Crippen LogP contribution < -0.4 is 5.32 Å². The van der Waals surface area contributed by atoms with Crippen molar-refractivity contribution in [2.45, 2.75) is 31.4 Å². The molecule has 0 fully saturated rings. The summed E-state index contributed by atoms with van der Waals surface area (Å²) in [7, 11) is -3.48. The van der Waals surface area contributed by atoms with Crippen molar-refractivity contribution in [3.8, 4) is 0 Å². The van der Waals surface area contributed by atoms with Crippen LogP contribution in [0.2, 0.25) is 0 Å². The van der Waals surface area contributed by atoms with Crippen LogP contribution in [0.4, 0.5) is 4.39 Å². The quantitative estimate of drug-likeness (QED) is 0.761. The number of hydrogen-bond donors (Lipinski definition) is 1. The summed E-state index contributed by atoms with van der Waals surface area (Å²) in [6.07, 6.45) is -0.0441. The first kappa shape index (κ1) is 20.6. The van der Waals surface area contributed by atoms with E-state index < -0.39 is 27.8 Å². The lowest BCUT2D eigenvalue weighted by atomic mass is 10.1. The molecule has 144 valence electrons. The number of benzene rings is 2. The molecule has 1 N–H and O–H groups in total. The zero-order valence-corrected chi connectivity index (χ0v) is 16.0. The molecule has 0 saturated carbocycles. The lowest BCUT2D eigenvalue weighted by Crippen LogP contribution is -2.35. The highest BCUT2D eigenvalue weighted by molar-refractivity contribution is 7.90. The second kappa shape index (κ2) is 8.30. The highest BCUT2D eigenvalue weighted by Gasteiger charge is 2.21. The van der Waals surface area contributed by atoms with Gasteiger partial charge in [-0.15, -0.1) is 0 Å². The number of carbonyl (C=O) groups is 2. The van der Waals surface area contributed by atoms with Gasteiger partial charge in [0.1, 0.15) is 5.82 Å². The Morgan fingerprint density at radius 3 is 2.37 bits per heavy atom. The fourth-order valence-corrected chi connectivity index (χ4v) is 2.91. The average Bonchev–Trinajstić information content (AvgIpc) is 2.60. The van der Waals surface area contributed by atoms with Gasteiger partial charge < -0.3 is 10.1 Å². The predicted octanol–water partition coefficient (Wildman–Crippen LogP) is 2.40. The topological polar surface area (TPSA) is 89.5 Å². The fraction of sp³-hybridized carbons (Fsp3) is 0.263. The third-order valence-corrected chi connectivity index (χ3v) is 5.00. The first-order valence-electron chi connectivity index (χ1n) is 8.12. The smallest absolute Gasteiger partial charge is 0.339 e. The van der Waals surface area contributed by atoms with E-state index in [0.717, 1.165) is 6.26 Å². The lowest BCUT2D eigenvalue weighted by Gasteiger charge is -2.15. The average molecular weight is 393 g/mol. The van der Waals surface area contributed by atoms with E-state index in [0.29, 0.717) is 11.1 Å². The second-order valence-corrected chi connectivity index (χ2v) is 8.16. The Bertz CT molecular complexity index is 955. The highest BCUT2D eigenvalue weighted by atomic mass is 32.2. The van der Waals surface area contributed by atoms with Crippen LogP contribution in [0.1, 0.15) is 28.4 Å². The molecule has 27 heavy (non-hydrogen) atoms. The minimum atomic E-state index is -3.48. The van der Waals surface area contributed by atoms with Crippen molar-refractivity contribution in [3.63, 3.8) is 0 Å². The normalized spacial score (nSPS) is 12.3. The van der Waals surface area contributed by atoms with E-state index in [1.807, 2.05) is 0 Å². The molecule has 2 aromatic carbocycles. The van der Waals surface area contributed by atoms with Crippen LogP contribution in [0, 0.1) is 12.7 Å². The van der Waals surface area contributed by atoms with Gasteiger partial charge >= 0.3 is 5.97 Å². The van der Waals surface area contributed by atoms with Gasteiger partial charge in [-0.2, -0.15) is 0 Å². The van der Waals surface area contributed by atoms with Gasteiger partial charge in [-0.3, -0.25) is 4.79 Å². The van der Waals surface area contributed by atoms with Crippen molar-refractivity contribution in [2.24, 2.45) is 0 Å². The van der Waals surface area contributed by atoms with Gasteiger partial charge in [-0.25, -0.2) is 17.6 Å². The summed E-state index contributed by atoms with van der Waals surface area (Å²) in [6, 6.07) is 9.77. The Morgan fingerprint density at radius 2 is 1.78 bits per heavy atom. The molecule has 0 aromatic heterocycles. The number of rotatable bonds is 6. The summed E-state index contributed by atoms with van der Waals surface area (Å²) in [5.74, 6) is -1.69. The standard InChI is InChI=1S/C19H20FNO5S/c1-12-4-9-16(27(3,24)25)10-17(12)19(23)26-13(2)18(22)21-11-14-5-7-15(20)8-6-14/h4-10,13H,11H2,1-3H3,(H,21,22). The number of carbonyl (C=O) groups excluding carboxylic acids is 2. The molecule has 0 bridgehead atoms. The van der Waals surface area contributed by atoms with Crippen LogP contribution in [-0.2, 0) is 25.9 Å². The van der Waals surface area contributed by atoms with Crippen LogP contribution in [0.5, 0.6) is 0 Å². The molecular weight excluding hydrogens is 373 g/mol. The Kier molecular flexibility index (Phi) is 6.32. The molecule has 0 heterocycles. The lowest BCUT2D eigenvalue weighted by molar-refractivity contribution is -0.129. The van der Waals surface area contributed by atoms with E-state index >= 15 is 0 Å². The number of halogens is 1. The number of esters is 1. The number of amides is 1. The number of nitrogens with one attached hydrogen (secondary N) is 1. The highest BCUT2D eigenvalue weighted by Crippen LogP contribution is 2.17. The Morgan fingerprint density at radius 1 is 1.15 bits per heavy atom. The minimum Gasteiger partial charge on any atom is -0.449 e. The zero-order valence-electron chi connectivity index (χ0n) is 15.2. The first-order chi connectivity index (χ1) is 12.6. The van der Waals surface area contributed by atoms with Crippen LogP contribution in [0.25, 0.3) is 0 Å². The summed E-state index contributed by atoms with van der Waals surface area (Å²) < 4.78 is 41.3.